The molecule has 0 spiro atoms. The molecule has 1 amide bonds. The van der Waals surface area contributed by atoms with Gasteiger partial charge in [0.1, 0.15) is 5.75 Å². The van der Waals surface area contributed by atoms with Gasteiger partial charge in [0, 0.05) is 12.2 Å². The summed E-state index contributed by atoms with van der Waals surface area (Å²) in [5.74, 6) is -0.486. The normalized spacial score (nSPS) is 11.8. The van der Waals surface area contributed by atoms with Gasteiger partial charge in [-0.15, -0.1) is 0 Å². The molecule has 0 aliphatic rings. The van der Waals surface area contributed by atoms with Crippen molar-refractivity contribution in [1.29, 1.82) is 0 Å². The van der Waals surface area contributed by atoms with Gasteiger partial charge in [-0.05, 0) is 54.4 Å². The standard InChI is InChI=1S/C23H20ClF3N2O4S/c24-21-11-6-17(14-20(21)23(25,26)27)29-22(30)15-33-18-7-9-19(10-8-18)34(31,32)28-13-12-16-4-2-1-3-5-16/h1-11,14,28H,12-13,15H2,(H,29,30). The Bertz CT molecular complexity index is 1240. The molecule has 0 aliphatic heterocycles. The van der Waals surface area contributed by atoms with Crippen molar-refractivity contribution in [1.82, 2.24) is 4.72 Å². The van der Waals surface area contributed by atoms with Crippen LogP contribution in [-0.4, -0.2) is 27.5 Å². The molecule has 0 saturated heterocycles. The molecular formula is C23H20ClF3N2O4S. The summed E-state index contributed by atoms with van der Waals surface area (Å²) in [6, 6.07) is 17.8. The van der Waals surface area contributed by atoms with Gasteiger partial charge in [-0.2, -0.15) is 13.2 Å². The number of sulfonamides is 1. The Labute approximate surface area is 199 Å². The minimum absolute atomic E-state index is 0.0261. The van der Waals surface area contributed by atoms with Crippen molar-refractivity contribution in [3.8, 4) is 5.75 Å². The van der Waals surface area contributed by atoms with E-state index in [1.807, 2.05) is 30.3 Å². The lowest BCUT2D eigenvalue weighted by atomic mass is 10.2. The fraction of sp³-hybridized carbons (Fsp3) is 0.174. The monoisotopic (exact) mass is 512 g/mol. The molecule has 0 atom stereocenters. The van der Waals surface area contributed by atoms with Gasteiger partial charge in [0.15, 0.2) is 6.61 Å². The van der Waals surface area contributed by atoms with E-state index in [1.165, 1.54) is 30.3 Å². The number of hydrogen-bond acceptors (Lipinski definition) is 4. The van der Waals surface area contributed by atoms with Crippen molar-refractivity contribution in [2.24, 2.45) is 0 Å². The van der Waals surface area contributed by atoms with Gasteiger partial charge < -0.3 is 10.1 Å². The number of anilines is 1. The van der Waals surface area contributed by atoms with E-state index in [9.17, 15) is 26.4 Å². The quantitative estimate of drug-likeness (QED) is 0.427. The number of amides is 1. The first-order valence-corrected chi connectivity index (χ1v) is 11.8. The summed E-state index contributed by atoms with van der Waals surface area (Å²) in [4.78, 5) is 12.1. The summed E-state index contributed by atoms with van der Waals surface area (Å²) in [6.45, 7) is -0.267. The van der Waals surface area contributed by atoms with E-state index in [0.29, 0.717) is 6.42 Å². The molecule has 0 unspecified atom stereocenters. The van der Waals surface area contributed by atoms with Crippen LogP contribution in [0.4, 0.5) is 18.9 Å². The summed E-state index contributed by atoms with van der Waals surface area (Å²) >= 11 is 5.55. The van der Waals surface area contributed by atoms with E-state index < -0.39 is 39.3 Å². The lowest BCUT2D eigenvalue weighted by Crippen LogP contribution is -2.26. The van der Waals surface area contributed by atoms with Gasteiger partial charge >= 0.3 is 6.18 Å². The maximum atomic E-state index is 12.9. The molecule has 6 nitrogen and oxygen atoms in total. The molecule has 3 aromatic rings. The molecule has 11 heteroatoms. The molecule has 0 bridgehead atoms. The highest BCUT2D eigenvalue weighted by atomic mass is 35.5. The van der Waals surface area contributed by atoms with Crippen LogP contribution in [0.3, 0.4) is 0 Å². The van der Waals surface area contributed by atoms with Crippen LogP contribution in [0.5, 0.6) is 5.75 Å². The molecule has 3 aromatic carbocycles. The number of carbonyl (C=O) groups is 1. The van der Waals surface area contributed by atoms with Crippen LogP contribution in [0, 0.1) is 0 Å². The van der Waals surface area contributed by atoms with Crippen LogP contribution >= 0.6 is 11.6 Å². The summed E-state index contributed by atoms with van der Waals surface area (Å²) < 4.78 is 71.4. The molecule has 0 saturated carbocycles. The van der Waals surface area contributed by atoms with Crippen LogP contribution in [-0.2, 0) is 27.4 Å². The highest BCUT2D eigenvalue weighted by Crippen LogP contribution is 2.36. The van der Waals surface area contributed by atoms with Gasteiger partial charge in [0.2, 0.25) is 10.0 Å². The predicted octanol–water partition coefficient (Wildman–Crippen LogP) is 4.90. The van der Waals surface area contributed by atoms with E-state index in [-0.39, 0.29) is 22.9 Å². The molecule has 0 heterocycles. The third kappa shape index (κ3) is 7.21. The maximum absolute atomic E-state index is 12.9. The number of alkyl halides is 3. The lowest BCUT2D eigenvalue weighted by molar-refractivity contribution is -0.137. The molecule has 0 fully saturated rings. The molecule has 0 aromatic heterocycles. The van der Waals surface area contributed by atoms with Crippen molar-refractivity contribution in [3.63, 3.8) is 0 Å². The van der Waals surface area contributed by atoms with Crippen molar-refractivity contribution in [2.75, 3.05) is 18.5 Å². The highest BCUT2D eigenvalue weighted by Gasteiger charge is 2.33. The van der Waals surface area contributed by atoms with E-state index in [2.05, 4.69) is 10.0 Å². The number of halogens is 4. The summed E-state index contributed by atoms with van der Waals surface area (Å²) in [7, 11) is -3.73. The number of carbonyl (C=O) groups excluding carboxylic acids is 1. The van der Waals surface area contributed by atoms with E-state index in [1.54, 1.807) is 0 Å². The molecule has 0 aliphatic carbocycles. The van der Waals surface area contributed by atoms with Crippen molar-refractivity contribution < 1.29 is 31.1 Å². The van der Waals surface area contributed by atoms with Gasteiger partial charge in [0.25, 0.3) is 5.91 Å². The highest BCUT2D eigenvalue weighted by molar-refractivity contribution is 7.89. The Morgan fingerprint density at radius 3 is 2.29 bits per heavy atom. The van der Waals surface area contributed by atoms with Gasteiger partial charge in [-0.25, -0.2) is 13.1 Å². The van der Waals surface area contributed by atoms with Crippen LogP contribution < -0.4 is 14.8 Å². The Hall–Kier alpha value is -3.08. The van der Waals surface area contributed by atoms with Crippen molar-refractivity contribution in [2.45, 2.75) is 17.5 Å². The third-order valence-corrected chi connectivity index (χ3v) is 6.41. The van der Waals surface area contributed by atoms with Crippen LogP contribution in [0.15, 0.2) is 77.7 Å². The molecule has 180 valence electrons. The zero-order chi connectivity index (χ0) is 24.8. The van der Waals surface area contributed by atoms with E-state index in [4.69, 9.17) is 16.3 Å². The topological polar surface area (TPSA) is 84.5 Å². The second kappa shape index (κ2) is 10.9. The minimum Gasteiger partial charge on any atom is -0.484 e. The largest absolute Gasteiger partial charge is 0.484 e. The first-order chi connectivity index (χ1) is 16.0. The van der Waals surface area contributed by atoms with Crippen LogP contribution in [0.1, 0.15) is 11.1 Å². The van der Waals surface area contributed by atoms with E-state index in [0.717, 1.165) is 17.7 Å². The Morgan fingerprint density at radius 2 is 1.65 bits per heavy atom. The first-order valence-electron chi connectivity index (χ1n) is 9.98. The number of nitrogens with one attached hydrogen (secondary N) is 2. The average molecular weight is 513 g/mol. The maximum Gasteiger partial charge on any atom is 0.417 e. The average Bonchev–Trinajstić information content (AvgIpc) is 2.79. The smallest absolute Gasteiger partial charge is 0.417 e. The van der Waals surface area contributed by atoms with Crippen molar-refractivity contribution >= 4 is 33.2 Å². The fourth-order valence-electron chi connectivity index (χ4n) is 2.94. The second-order valence-corrected chi connectivity index (χ2v) is 9.31. The Kier molecular flexibility index (Phi) is 8.19. The minimum atomic E-state index is -4.66. The van der Waals surface area contributed by atoms with E-state index >= 15 is 0 Å². The molecular weight excluding hydrogens is 493 g/mol. The third-order valence-electron chi connectivity index (χ3n) is 4.61. The Balaban J connectivity index is 1.52. The van der Waals surface area contributed by atoms with Gasteiger partial charge in [0.05, 0.1) is 15.5 Å². The summed E-state index contributed by atoms with van der Waals surface area (Å²) in [5, 5.41) is 1.82. The Morgan fingerprint density at radius 1 is 0.971 bits per heavy atom. The SMILES string of the molecule is O=C(COc1ccc(S(=O)(=O)NCCc2ccccc2)cc1)Nc1ccc(Cl)c(C(F)(F)F)c1. The molecule has 0 radical (unpaired) electrons. The van der Waals surface area contributed by atoms with Gasteiger partial charge in [-0.1, -0.05) is 41.9 Å². The first kappa shape index (κ1) is 25.5. The predicted molar refractivity (Wildman–Crippen MR) is 122 cm³/mol. The molecule has 3 rings (SSSR count). The number of hydrogen-bond donors (Lipinski definition) is 2. The zero-order valence-electron chi connectivity index (χ0n) is 17.6. The fourth-order valence-corrected chi connectivity index (χ4v) is 4.20. The number of ether oxygens (including phenoxy) is 1. The second-order valence-electron chi connectivity index (χ2n) is 7.13. The van der Waals surface area contributed by atoms with Gasteiger partial charge in [-0.3, -0.25) is 4.79 Å². The summed E-state index contributed by atoms with van der Waals surface area (Å²) in [6.07, 6.45) is -4.12. The lowest BCUT2D eigenvalue weighted by Gasteiger charge is -2.12. The van der Waals surface area contributed by atoms with Crippen LogP contribution in [0.2, 0.25) is 5.02 Å². The van der Waals surface area contributed by atoms with Crippen LogP contribution in [0.25, 0.3) is 0 Å². The molecule has 2 N–H and O–H groups in total. The summed E-state index contributed by atoms with van der Waals surface area (Å²) in [5.41, 5.74) is -0.157. The molecule has 34 heavy (non-hydrogen) atoms. The zero-order valence-corrected chi connectivity index (χ0v) is 19.2. The van der Waals surface area contributed by atoms with Crippen molar-refractivity contribution in [3.05, 3.63) is 88.9 Å². The number of rotatable bonds is 9. The number of benzene rings is 3.